The molecule has 1 aromatic carbocycles. The molecule has 0 spiro atoms. The van der Waals surface area contributed by atoms with Crippen LogP contribution < -0.4 is 5.32 Å². The highest BCUT2D eigenvalue weighted by molar-refractivity contribution is 7.99. The Bertz CT molecular complexity index is 376. The summed E-state index contributed by atoms with van der Waals surface area (Å²) in [5, 5.41) is 3.40. The summed E-state index contributed by atoms with van der Waals surface area (Å²) in [5.41, 5.74) is 0.340. The summed E-state index contributed by atoms with van der Waals surface area (Å²) in [6.07, 6.45) is -2.14. The van der Waals surface area contributed by atoms with Gasteiger partial charge in [-0.1, -0.05) is 26.0 Å². The van der Waals surface area contributed by atoms with Crippen molar-refractivity contribution in [3.63, 3.8) is 0 Å². The van der Waals surface area contributed by atoms with Gasteiger partial charge in [0.05, 0.1) is 5.56 Å². The van der Waals surface area contributed by atoms with Gasteiger partial charge in [-0.05, 0) is 42.8 Å². The molecule has 0 aliphatic heterocycles. The Morgan fingerprint density at radius 2 is 1.75 bits per heavy atom. The molecule has 0 radical (unpaired) electrons. The van der Waals surface area contributed by atoms with Crippen LogP contribution in [0.3, 0.4) is 0 Å². The molecule has 1 N–H and O–H groups in total. The molecule has 0 fully saturated rings. The third kappa shape index (κ3) is 5.75. The van der Waals surface area contributed by atoms with Crippen LogP contribution in [-0.4, -0.2) is 18.1 Å². The van der Waals surface area contributed by atoms with Crippen molar-refractivity contribution in [2.75, 3.05) is 18.1 Å². The summed E-state index contributed by atoms with van der Waals surface area (Å²) < 4.78 is 37.7. The zero-order valence-electron chi connectivity index (χ0n) is 12.0. The first kappa shape index (κ1) is 17.4. The Balaban J connectivity index is 2.73. The molecule has 0 bridgehead atoms. The van der Waals surface area contributed by atoms with E-state index >= 15 is 0 Å². The van der Waals surface area contributed by atoms with E-state index in [9.17, 15) is 13.2 Å². The number of benzene rings is 1. The van der Waals surface area contributed by atoms with E-state index in [4.69, 9.17) is 0 Å². The first-order valence-electron chi connectivity index (χ1n) is 6.97. The van der Waals surface area contributed by atoms with E-state index in [0.717, 1.165) is 36.5 Å². The maximum atomic E-state index is 12.6. The minimum atomic E-state index is -4.26. The predicted octanol–water partition coefficient (Wildman–Crippen LogP) is 4.89. The van der Waals surface area contributed by atoms with Gasteiger partial charge in [0.1, 0.15) is 0 Å². The van der Waals surface area contributed by atoms with Crippen molar-refractivity contribution in [1.82, 2.24) is 5.32 Å². The fraction of sp³-hybridized carbons (Fsp3) is 0.600. The van der Waals surface area contributed by atoms with Crippen molar-refractivity contribution in [3.8, 4) is 0 Å². The second-order valence-electron chi connectivity index (χ2n) is 4.70. The smallest absolute Gasteiger partial charge is 0.309 e. The number of halogens is 3. The van der Waals surface area contributed by atoms with E-state index in [1.54, 1.807) is 12.1 Å². The molecule has 1 aromatic rings. The number of rotatable bonds is 8. The van der Waals surface area contributed by atoms with Crippen molar-refractivity contribution in [2.24, 2.45) is 0 Å². The van der Waals surface area contributed by atoms with Crippen molar-refractivity contribution in [1.29, 1.82) is 0 Å². The maximum Gasteiger partial charge on any atom is 0.416 e. The standard InChI is InChI=1S/C15H22F3NS/c1-3-9-19-14(11-20-10-4-2)12-5-7-13(8-6-12)15(16,17)18/h5-8,14,19H,3-4,9-11H2,1-2H3. The number of hydrogen-bond donors (Lipinski definition) is 1. The van der Waals surface area contributed by atoms with Crippen LogP contribution in [0.4, 0.5) is 13.2 Å². The molecule has 0 saturated heterocycles. The Morgan fingerprint density at radius 3 is 2.25 bits per heavy atom. The van der Waals surface area contributed by atoms with Gasteiger partial charge in [0, 0.05) is 11.8 Å². The zero-order valence-corrected chi connectivity index (χ0v) is 12.8. The lowest BCUT2D eigenvalue weighted by molar-refractivity contribution is -0.137. The van der Waals surface area contributed by atoms with Gasteiger partial charge in [0.25, 0.3) is 0 Å². The molecule has 20 heavy (non-hydrogen) atoms. The van der Waals surface area contributed by atoms with Crippen LogP contribution in [0.2, 0.25) is 0 Å². The fourth-order valence-corrected chi connectivity index (χ4v) is 2.84. The summed E-state index contributed by atoms with van der Waals surface area (Å²) in [6, 6.07) is 5.63. The monoisotopic (exact) mass is 305 g/mol. The van der Waals surface area contributed by atoms with E-state index in [2.05, 4.69) is 19.2 Å². The largest absolute Gasteiger partial charge is 0.416 e. The van der Waals surface area contributed by atoms with Crippen LogP contribution in [0.15, 0.2) is 24.3 Å². The number of thioether (sulfide) groups is 1. The molecule has 0 aliphatic rings. The van der Waals surface area contributed by atoms with Crippen LogP contribution >= 0.6 is 11.8 Å². The number of hydrogen-bond acceptors (Lipinski definition) is 2. The van der Waals surface area contributed by atoms with Crippen LogP contribution in [0.1, 0.15) is 43.9 Å². The average molecular weight is 305 g/mol. The third-order valence-electron chi connectivity index (χ3n) is 2.91. The van der Waals surface area contributed by atoms with Crippen LogP contribution in [-0.2, 0) is 6.18 Å². The molecule has 0 aromatic heterocycles. The van der Waals surface area contributed by atoms with Gasteiger partial charge in [0.2, 0.25) is 0 Å². The van der Waals surface area contributed by atoms with Gasteiger partial charge in [-0.3, -0.25) is 0 Å². The normalized spacial score (nSPS) is 13.4. The molecular formula is C15H22F3NS. The summed E-state index contributed by atoms with van der Waals surface area (Å²) in [7, 11) is 0. The summed E-state index contributed by atoms with van der Waals surface area (Å²) in [6.45, 7) is 5.08. The van der Waals surface area contributed by atoms with Gasteiger partial charge < -0.3 is 5.32 Å². The molecule has 114 valence electrons. The molecule has 0 aliphatic carbocycles. The van der Waals surface area contributed by atoms with Gasteiger partial charge in [-0.2, -0.15) is 24.9 Å². The average Bonchev–Trinajstić information content (AvgIpc) is 2.42. The van der Waals surface area contributed by atoms with E-state index in [-0.39, 0.29) is 6.04 Å². The van der Waals surface area contributed by atoms with Crippen molar-refractivity contribution < 1.29 is 13.2 Å². The highest BCUT2D eigenvalue weighted by atomic mass is 32.2. The van der Waals surface area contributed by atoms with E-state index < -0.39 is 11.7 Å². The topological polar surface area (TPSA) is 12.0 Å². The molecule has 1 nitrogen and oxygen atoms in total. The van der Waals surface area contributed by atoms with Crippen molar-refractivity contribution in [3.05, 3.63) is 35.4 Å². The lowest BCUT2D eigenvalue weighted by Gasteiger charge is -2.19. The third-order valence-corrected chi connectivity index (χ3v) is 4.18. The van der Waals surface area contributed by atoms with E-state index in [1.165, 1.54) is 12.1 Å². The maximum absolute atomic E-state index is 12.6. The number of alkyl halides is 3. The molecular weight excluding hydrogens is 283 g/mol. The Hall–Kier alpha value is -0.680. The highest BCUT2D eigenvalue weighted by Crippen LogP contribution is 2.30. The lowest BCUT2D eigenvalue weighted by Crippen LogP contribution is -2.24. The van der Waals surface area contributed by atoms with Gasteiger partial charge in [-0.25, -0.2) is 0 Å². The van der Waals surface area contributed by atoms with E-state index in [0.29, 0.717) is 0 Å². The quantitative estimate of drug-likeness (QED) is 0.686. The van der Waals surface area contributed by atoms with Gasteiger partial charge in [-0.15, -0.1) is 0 Å². The molecule has 1 unspecified atom stereocenters. The van der Waals surface area contributed by atoms with Crippen molar-refractivity contribution in [2.45, 2.75) is 38.9 Å². The Kier molecular flexibility index (Phi) is 7.45. The van der Waals surface area contributed by atoms with Crippen LogP contribution in [0, 0.1) is 0 Å². The zero-order chi connectivity index (χ0) is 15.0. The lowest BCUT2D eigenvalue weighted by atomic mass is 10.1. The van der Waals surface area contributed by atoms with Crippen LogP contribution in [0.5, 0.6) is 0 Å². The summed E-state index contributed by atoms with van der Waals surface area (Å²) in [4.78, 5) is 0. The molecule has 1 atom stereocenters. The minimum Gasteiger partial charge on any atom is -0.309 e. The first-order valence-corrected chi connectivity index (χ1v) is 8.12. The van der Waals surface area contributed by atoms with Crippen LogP contribution in [0.25, 0.3) is 0 Å². The Morgan fingerprint density at radius 1 is 1.10 bits per heavy atom. The summed E-state index contributed by atoms with van der Waals surface area (Å²) >= 11 is 1.83. The Labute approximate surface area is 123 Å². The molecule has 1 rings (SSSR count). The van der Waals surface area contributed by atoms with Gasteiger partial charge in [0.15, 0.2) is 0 Å². The molecule has 0 heterocycles. The SMILES string of the molecule is CCCNC(CSCCC)c1ccc(C(F)(F)F)cc1. The fourth-order valence-electron chi connectivity index (χ4n) is 1.84. The van der Waals surface area contributed by atoms with E-state index in [1.807, 2.05) is 11.8 Å². The number of nitrogens with one attached hydrogen (secondary N) is 1. The minimum absolute atomic E-state index is 0.119. The molecule has 0 amide bonds. The molecule has 0 saturated carbocycles. The van der Waals surface area contributed by atoms with Crippen molar-refractivity contribution >= 4 is 11.8 Å². The second-order valence-corrected chi connectivity index (χ2v) is 5.85. The molecule has 5 heteroatoms. The second kappa shape index (κ2) is 8.57. The predicted molar refractivity (Wildman–Crippen MR) is 80.1 cm³/mol. The highest BCUT2D eigenvalue weighted by Gasteiger charge is 2.30. The first-order chi connectivity index (χ1) is 9.49. The van der Waals surface area contributed by atoms with Gasteiger partial charge >= 0.3 is 6.18 Å². The summed E-state index contributed by atoms with van der Waals surface area (Å²) in [5.74, 6) is 1.96.